The number of phenolic OH excluding ortho intramolecular Hbond substituents is 1. The van der Waals surface area contributed by atoms with Crippen LogP contribution in [0.4, 0.5) is 30.4 Å². The number of para-hydroxylation sites is 1. The summed E-state index contributed by atoms with van der Waals surface area (Å²) in [7, 11) is 0. The van der Waals surface area contributed by atoms with Gasteiger partial charge >= 0.3 is 0 Å². The number of carbonyl (C=O) groups is 3. The lowest BCUT2D eigenvalue weighted by Gasteiger charge is -2.43. The Kier molecular flexibility index (Phi) is 9.30. The molecule has 3 atom stereocenters. The molecule has 4 aromatic rings. The second kappa shape index (κ2) is 14.4. The number of anilines is 3. The molecule has 0 saturated carbocycles. The number of nitrogens with one attached hydrogen (secondary N) is 2. The van der Waals surface area contributed by atoms with Gasteiger partial charge in [-0.1, -0.05) is 23.7 Å². The molecule has 3 fully saturated rings. The summed E-state index contributed by atoms with van der Waals surface area (Å²) in [6.07, 6.45) is -1.32. The summed E-state index contributed by atoms with van der Waals surface area (Å²) in [5.41, 5.74) is 2.12. The zero-order valence-corrected chi connectivity index (χ0v) is 31.2. The van der Waals surface area contributed by atoms with Crippen LogP contribution in [0.2, 0.25) is 5.02 Å². The van der Waals surface area contributed by atoms with Crippen LogP contribution in [0.25, 0.3) is 11.3 Å². The number of piperidine rings is 1. The van der Waals surface area contributed by atoms with Crippen LogP contribution in [-0.2, 0) is 22.7 Å². The van der Waals surface area contributed by atoms with Gasteiger partial charge in [0.05, 0.1) is 17.9 Å². The van der Waals surface area contributed by atoms with E-state index in [4.69, 9.17) is 16.3 Å². The number of carbonyl (C=O) groups excluding carboxylic acids is 3. The molecule has 5 aliphatic heterocycles. The maximum atomic E-state index is 14.9. The Hall–Kier alpha value is -5.68. The smallest absolute Gasteiger partial charge is 0.263 e. The lowest BCUT2D eigenvalue weighted by molar-refractivity contribution is -0.136. The predicted octanol–water partition coefficient (Wildman–Crippen LogP) is 4.21. The molecule has 0 aliphatic carbocycles. The zero-order valence-electron chi connectivity index (χ0n) is 30.4. The number of hydrogen-bond acceptors (Lipinski definition) is 12. The van der Waals surface area contributed by atoms with Gasteiger partial charge in [-0.05, 0) is 53.9 Å². The summed E-state index contributed by atoms with van der Waals surface area (Å²) in [5, 5.41) is 24.1. The summed E-state index contributed by atoms with van der Waals surface area (Å²) in [5.74, 6) is -1.99. The van der Waals surface area contributed by atoms with E-state index in [9.17, 15) is 32.7 Å². The van der Waals surface area contributed by atoms with Crippen molar-refractivity contribution in [3.63, 3.8) is 0 Å². The minimum absolute atomic E-state index is 0.0412. The van der Waals surface area contributed by atoms with E-state index in [0.717, 1.165) is 36.0 Å². The van der Waals surface area contributed by atoms with Gasteiger partial charge in [0.25, 0.3) is 12.3 Å². The van der Waals surface area contributed by atoms with Crippen molar-refractivity contribution in [3.05, 3.63) is 82.3 Å². The van der Waals surface area contributed by atoms with Gasteiger partial charge in [-0.2, -0.15) is 0 Å². The quantitative estimate of drug-likeness (QED) is 0.219. The van der Waals surface area contributed by atoms with Crippen molar-refractivity contribution in [1.29, 1.82) is 0 Å². The Morgan fingerprint density at radius 1 is 1.04 bits per heavy atom. The number of alkyl halides is 2. The van der Waals surface area contributed by atoms with Crippen LogP contribution in [0.1, 0.15) is 40.7 Å². The van der Waals surface area contributed by atoms with Crippen molar-refractivity contribution >= 4 is 46.5 Å². The van der Waals surface area contributed by atoms with Crippen molar-refractivity contribution in [2.24, 2.45) is 0 Å². The Morgan fingerprint density at radius 3 is 2.63 bits per heavy atom. The first kappa shape index (κ1) is 36.9. The van der Waals surface area contributed by atoms with Crippen LogP contribution in [0.5, 0.6) is 11.6 Å². The van der Waals surface area contributed by atoms with E-state index < -0.39 is 41.6 Å². The summed E-state index contributed by atoms with van der Waals surface area (Å²) in [4.78, 5) is 49.4. The van der Waals surface area contributed by atoms with Gasteiger partial charge in [-0.3, -0.25) is 24.6 Å². The molecule has 3 amide bonds. The number of halogens is 4. The highest BCUT2D eigenvalue weighted by Gasteiger charge is 2.56. The average Bonchev–Trinajstić information content (AvgIpc) is 3.75. The maximum absolute atomic E-state index is 14.9. The molecule has 0 radical (unpaired) electrons. The van der Waals surface area contributed by atoms with E-state index in [2.05, 4.69) is 35.6 Å². The van der Waals surface area contributed by atoms with Crippen molar-refractivity contribution in [2.45, 2.75) is 56.5 Å². The molecule has 0 bridgehead atoms. The lowest BCUT2D eigenvalue weighted by atomic mass is 9.93. The molecule has 2 aromatic carbocycles. The molecule has 296 valence electrons. The summed E-state index contributed by atoms with van der Waals surface area (Å²) >= 11 is 6.68. The van der Waals surface area contributed by atoms with Crippen LogP contribution >= 0.6 is 11.6 Å². The monoisotopic (exact) mass is 803 g/mol. The third-order valence-electron chi connectivity index (χ3n) is 11.6. The van der Waals surface area contributed by atoms with Crippen LogP contribution in [0.15, 0.2) is 54.7 Å². The largest absolute Gasteiger partial charge is 0.504 e. The van der Waals surface area contributed by atoms with E-state index in [1.54, 1.807) is 22.1 Å². The summed E-state index contributed by atoms with van der Waals surface area (Å²) in [6.45, 7) is 3.75. The second-order valence-electron chi connectivity index (χ2n) is 15.0. The minimum atomic E-state index is -2.77. The third-order valence-corrected chi connectivity index (χ3v) is 11.9. The highest BCUT2D eigenvalue weighted by molar-refractivity contribution is 6.31. The summed E-state index contributed by atoms with van der Waals surface area (Å²) in [6, 6.07) is 12.4. The first-order chi connectivity index (χ1) is 27.5. The van der Waals surface area contributed by atoms with Gasteiger partial charge in [-0.15, -0.1) is 10.2 Å². The molecule has 18 heteroatoms. The van der Waals surface area contributed by atoms with Crippen LogP contribution < -0.4 is 25.2 Å². The Labute approximate surface area is 329 Å². The van der Waals surface area contributed by atoms with Gasteiger partial charge in [0.2, 0.25) is 17.7 Å². The van der Waals surface area contributed by atoms with E-state index in [0.29, 0.717) is 43.9 Å². The topological polar surface area (TPSA) is 156 Å². The molecule has 14 nitrogen and oxygen atoms in total. The molecule has 3 saturated heterocycles. The van der Waals surface area contributed by atoms with Crippen molar-refractivity contribution < 1.29 is 37.4 Å². The van der Waals surface area contributed by atoms with Crippen molar-refractivity contribution in [3.8, 4) is 22.9 Å². The van der Waals surface area contributed by atoms with Crippen molar-refractivity contribution in [2.75, 3.05) is 54.4 Å². The number of imide groups is 1. The molecule has 7 heterocycles. The molecule has 0 spiro atoms. The lowest BCUT2D eigenvalue weighted by Crippen LogP contribution is -2.57. The maximum Gasteiger partial charge on any atom is 0.263 e. The molecule has 1 unspecified atom stereocenters. The SMILES string of the molecule is O=C1CCC(N2Cc3ccc(N4CCN(Cc5cnc(O[C@H]6CN7c8cc(-c9cccc(F)c9O)nnc8NC[C@@]7(C(F)F)C6)c(Cl)c5)CC4)cc3C2=O)C(=O)N1. The van der Waals surface area contributed by atoms with Crippen LogP contribution in [-0.4, -0.2) is 111 Å². The number of ether oxygens (including phenoxy) is 1. The Morgan fingerprint density at radius 2 is 1.86 bits per heavy atom. The molecular weight excluding hydrogens is 767 g/mol. The number of aromatic nitrogens is 3. The van der Waals surface area contributed by atoms with Gasteiger partial charge in [0.15, 0.2) is 17.4 Å². The highest BCUT2D eigenvalue weighted by Crippen LogP contribution is 2.47. The fraction of sp³-hybridized carbons (Fsp3) is 0.385. The summed E-state index contributed by atoms with van der Waals surface area (Å²) < 4.78 is 50.1. The van der Waals surface area contributed by atoms with Crippen molar-refractivity contribution in [1.82, 2.24) is 30.3 Å². The van der Waals surface area contributed by atoms with Crippen LogP contribution in [0, 0.1) is 5.82 Å². The number of rotatable bonds is 8. The molecule has 5 aliphatic rings. The average molecular weight is 804 g/mol. The zero-order chi connectivity index (χ0) is 39.6. The normalized spacial score (nSPS) is 23.3. The molecule has 2 aromatic heterocycles. The number of piperazine rings is 1. The Balaban J connectivity index is 0.828. The van der Waals surface area contributed by atoms with E-state index in [-0.39, 0.29) is 65.7 Å². The number of nitrogens with zero attached hydrogens (tertiary/aromatic N) is 7. The third kappa shape index (κ3) is 6.61. The number of phenols is 1. The van der Waals surface area contributed by atoms with Gasteiger partial charge < -0.3 is 29.9 Å². The van der Waals surface area contributed by atoms with Gasteiger partial charge in [0, 0.05) is 81.7 Å². The number of fused-ring (bicyclic) bond motifs is 4. The van der Waals surface area contributed by atoms with Gasteiger partial charge in [-0.25, -0.2) is 18.2 Å². The molecule has 3 N–H and O–H groups in total. The molecule has 57 heavy (non-hydrogen) atoms. The Bertz CT molecular complexity index is 2300. The second-order valence-corrected chi connectivity index (χ2v) is 15.5. The van der Waals surface area contributed by atoms with Gasteiger partial charge in [0.1, 0.15) is 22.7 Å². The standard InChI is InChI=1S/C39H37ClF3N9O5/c40-27-12-21(17-49-8-10-50(11-9-49)23-5-4-22-18-51(37(56)26(22)13-23)30-6-7-32(53)46-35(30)55)16-44-36(27)57-24-15-39(38(42)43)20-45-34-31(52(39)19-24)14-29(47-48-34)25-2-1-3-28(41)33(25)54/h1-5,12-14,16,24,30,38,54H,6-11,15,17-20H2,(H,45,48)(H,46,53,55)/t24-,30?,39-/m1/s1. The highest BCUT2D eigenvalue weighted by atomic mass is 35.5. The van der Waals surface area contributed by atoms with Crippen LogP contribution in [0.3, 0.4) is 0 Å². The fourth-order valence-corrected chi connectivity index (χ4v) is 8.82. The fourth-order valence-electron chi connectivity index (χ4n) is 8.58. The first-order valence-electron chi connectivity index (χ1n) is 18.7. The molecular formula is C39H37ClF3N9O5. The molecule has 9 rings (SSSR count). The number of aromatic hydroxyl groups is 1. The van der Waals surface area contributed by atoms with E-state index in [1.807, 2.05) is 18.2 Å². The number of benzene rings is 2. The number of pyridine rings is 1. The van der Waals surface area contributed by atoms with E-state index in [1.165, 1.54) is 18.2 Å². The van der Waals surface area contributed by atoms with E-state index >= 15 is 0 Å². The first-order valence-corrected chi connectivity index (χ1v) is 19.1. The number of hydrogen-bond donors (Lipinski definition) is 3. The predicted molar refractivity (Wildman–Crippen MR) is 202 cm³/mol. The minimum Gasteiger partial charge on any atom is -0.504 e. The number of amides is 3.